The average molecular weight is 308 g/mol. The van der Waals surface area contributed by atoms with Crippen molar-refractivity contribution in [3.05, 3.63) is 56.5 Å². The van der Waals surface area contributed by atoms with Crippen LogP contribution in [0.1, 0.15) is 11.0 Å². The third-order valence-corrected chi connectivity index (χ3v) is 4.37. The van der Waals surface area contributed by atoms with Gasteiger partial charge in [0.05, 0.1) is 17.6 Å². The molecule has 1 aromatic carbocycles. The number of ether oxygens (including phenoxy) is 1. The lowest BCUT2D eigenvalue weighted by Crippen LogP contribution is -2.38. The van der Waals surface area contributed by atoms with Gasteiger partial charge >= 0.3 is 0 Å². The van der Waals surface area contributed by atoms with E-state index in [4.69, 9.17) is 4.74 Å². The Bertz CT molecular complexity index is 648. The third kappa shape index (κ3) is 2.88. The van der Waals surface area contributed by atoms with Crippen molar-refractivity contribution in [1.82, 2.24) is 0 Å². The fourth-order valence-electron chi connectivity index (χ4n) is 2.42. The molecular formula is C14H13FN2O3S. The molecular weight excluding hydrogens is 295 g/mol. The van der Waals surface area contributed by atoms with Gasteiger partial charge < -0.3 is 9.64 Å². The second kappa shape index (κ2) is 5.79. The number of rotatable bonds is 3. The van der Waals surface area contributed by atoms with Gasteiger partial charge in [0, 0.05) is 18.0 Å². The highest BCUT2D eigenvalue weighted by Gasteiger charge is 2.27. The normalized spacial score (nSPS) is 18.7. The SMILES string of the molecule is O=[N+]([O-])c1cc(F)ccc1N1CCOC(c2cccs2)C1. The van der Waals surface area contributed by atoms with Crippen LogP contribution in [-0.2, 0) is 4.74 Å². The maximum Gasteiger partial charge on any atom is 0.295 e. The Balaban J connectivity index is 1.88. The van der Waals surface area contributed by atoms with Crippen LogP contribution in [0.5, 0.6) is 0 Å². The Kier molecular flexibility index (Phi) is 3.85. The quantitative estimate of drug-likeness (QED) is 0.644. The molecule has 0 amide bonds. The number of nitro benzene ring substituents is 1. The molecule has 1 fully saturated rings. The molecule has 0 aliphatic carbocycles. The minimum absolute atomic E-state index is 0.108. The van der Waals surface area contributed by atoms with Crippen LogP contribution in [0.15, 0.2) is 35.7 Å². The molecule has 0 spiro atoms. The van der Waals surface area contributed by atoms with Crippen LogP contribution in [0.25, 0.3) is 0 Å². The summed E-state index contributed by atoms with van der Waals surface area (Å²) in [7, 11) is 0. The Morgan fingerprint density at radius 3 is 3.00 bits per heavy atom. The van der Waals surface area contributed by atoms with E-state index < -0.39 is 10.7 Å². The van der Waals surface area contributed by atoms with Crippen molar-refractivity contribution in [2.24, 2.45) is 0 Å². The van der Waals surface area contributed by atoms with E-state index in [2.05, 4.69) is 0 Å². The first kappa shape index (κ1) is 14.0. The van der Waals surface area contributed by atoms with Crippen LogP contribution in [0.2, 0.25) is 0 Å². The molecule has 1 aliphatic heterocycles. The lowest BCUT2D eigenvalue weighted by molar-refractivity contribution is -0.384. The molecule has 1 unspecified atom stereocenters. The van der Waals surface area contributed by atoms with E-state index in [0.717, 1.165) is 10.9 Å². The van der Waals surface area contributed by atoms with Crippen LogP contribution in [0, 0.1) is 15.9 Å². The highest BCUT2D eigenvalue weighted by atomic mass is 32.1. The summed E-state index contributed by atoms with van der Waals surface area (Å²) < 4.78 is 19.0. The van der Waals surface area contributed by atoms with Crippen molar-refractivity contribution in [1.29, 1.82) is 0 Å². The summed E-state index contributed by atoms with van der Waals surface area (Å²) >= 11 is 1.59. The van der Waals surface area contributed by atoms with E-state index in [1.165, 1.54) is 12.1 Å². The molecule has 1 aromatic heterocycles. The third-order valence-electron chi connectivity index (χ3n) is 3.40. The first-order valence-electron chi connectivity index (χ1n) is 6.49. The Morgan fingerprint density at radius 1 is 1.43 bits per heavy atom. The monoisotopic (exact) mass is 308 g/mol. The number of benzene rings is 1. The highest BCUT2D eigenvalue weighted by molar-refractivity contribution is 7.10. The van der Waals surface area contributed by atoms with Gasteiger partial charge in [-0.05, 0) is 23.6 Å². The fourth-order valence-corrected chi connectivity index (χ4v) is 3.19. The second-order valence-corrected chi connectivity index (χ2v) is 5.69. The number of anilines is 1. The molecule has 0 saturated carbocycles. The first-order chi connectivity index (χ1) is 10.1. The fraction of sp³-hybridized carbons (Fsp3) is 0.286. The van der Waals surface area contributed by atoms with Crippen LogP contribution in [-0.4, -0.2) is 24.6 Å². The molecule has 0 radical (unpaired) electrons. The molecule has 3 rings (SSSR count). The summed E-state index contributed by atoms with van der Waals surface area (Å²) in [4.78, 5) is 13.5. The zero-order chi connectivity index (χ0) is 14.8. The molecule has 1 aliphatic rings. The standard InChI is InChI=1S/C14H13FN2O3S/c15-10-3-4-11(12(8-10)17(18)19)16-5-6-20-13(9-16)14-2-1-7-21-14/h1-4,7-8,13H,5-6,9H2. The number of hydrogen-bond acceptors (Lipinski definition) is 5. The smallest absolute Gasteiger partial charge is 0.295 e. The molecule has 0 N–H and O–H groups in total. The average Bonchev–Trinajstić information content (AvgIpc) is 3.01. The van der Waals surface area contributed by atoms with Crippen molar-refractivity contribution >= 4 is 22.7 Å². The Hall–Kier alpha value is -1.99. The Labute approximate surface area is 124 Å². The summed E-state index contributed by atoms with van der Waals surface area (Å²) in [6.07, 6.45) is -0.108. The van der Waals surface area contributed by atoms with Gasteiger partial charge in [0.25, 0.3) is 5.69 Å². The minimum atomic E-state index is -0.603. The van der Waals surface area contributed by atoms with E-state index in [0.29, 0.717) is 25.4 Å². The molecule has 110 valence electrons. The van der Waals surface area contributed by atoms with Crippen LogP contribution < -0.4 is 4.90 Å². The molecule has 0 bridgehead atoms. The van der Waals surface area contributed by atoms with Gasteiger partial charge in [-0.1, -0.05) is 6.07 Å². The predicted molar refractivity (Wildman–Crippen MR) is 78.3 cm³/mol. The molecule has 21 heavy (non-hydrogen) atoms. The number of hydrogen-bond donors (Lipinski definition) is 0. The lowest BCUT2D eigenvalue weighted by atomic mass is 10.2. The second-order valence-electron chi connectivity index (χ2n) is 4.71. The topological polar surface area (TPSA) is 55.6 Å². The van der Waals surface area contributed by atoms with E-state index >= 15 is 0 Å². The summed E-state index contributed by atoms with van der Waals surface area (Å²) in [6, 6.07) is 7.60. The van der Waals surface area contributed by atoms with Crippen molar-refractivity contribution in [3.63, 3.8) is 0 Å². The van der Waals surface area contributed by atoms with Crippen molar-refractivity contribution in [3.8, 4) is 0 Å². The van der Waals surface area contributed by atoms with Gasteiger partial charge in [0.15, 0.2) is 0 Å². The first-order valence-corrected chi connectivity index (χ1v) is 7.37. The predicted octanol–water partition coefficient (Wildman–Crippen LogP) is 3.37. The van der Waals surface area contributed by atoms with Crippen molar-refractivity contribution in [2.45, 2.75) is 6.10 Å². The van der Waals surface area contributed by atoms with Gasteiger partial charge in [-0.2, -0.15) is 0 Å². The van der Waals surface area contributed by atoms with E-state index in [1.54, 1.807) is 11.3 Å². The van der Waals surface area contributed by atoms with Crippen molar-refractivity contribution < 1.29 is 14.1 Å². The zero-order valence-corrected chi connectivity index (χ0v) is 11.9. The molecule has 1 atom stereocenters. The number of thiophene rings is 1. The molecule has 2 aromatic rings. The van der Waals surface area contributed by atoms with Gasteiger partial charge in [-0.3, -0.25) is 10.1 Å². The summed E-state index contributed by atoms with van der Waals surface area (Å²) in [6.45, 7) is 1.55. The van der Waals surface area contributed by atoms with E-state index in [9.17, 15) is 14.5 Å². The number of halogens is 1. The van der Waals surface area contributed by atoms with Crippen LogP contribution in [0.3, 0.4) is 0 Å². The van der Waals surface area contributed by atoms with E-state index in [1.807, 2.05) is 22.4 Å². The van der Waals surface area contributed by atoms with Crippen LogP contribution in [0.4, 0.5) is 15.8 Å². The maximum absolute atomic E-state index is 13.2. The minimum Gasteiger partial charge on any atom is -0.369 e. The summed E-state index contributed by atoms with van der Waals surface area (Å²) in [5, 5.41) is 13.1. The lowest BCUT2D eigenvalue weighted by Gasteiger charge is -2.33. The number of nitro groups is 1. The molecule has 2 heterocycles. The number of morpholine rings is 1. The van der Waals surface area contributed by atoms with Gasteiger partial charge in [-0.15, -0.1) is 11.3 Å². The molecule has 5 nitrogen and oxygen atoms in total. The van der Waals surface area contributed by atoms with Crippen molar-refractivity contribution in [2.75, 3.05) is 24.6 Å². The molecule has 7 heteroatoms. The van der Waals surface area contributed by atoms with E-state index in [-0.39, 0.29) is 11.8 Å². The van der Waals surface area contributed by atoms with Gasteiger partial charge in [-0.25, -0.2) is 4.39 Å². The van der Waals surface area contributed by atoms with Crippen LogP contribution >= 0.6 is 11.3 Å². The Morgan fingerprint density at radius 2 is 2.29 bits per heavy atom. The summed E-state index contributed by atoms with van der Waals surface area (Å²) in [5.74, 6) is -0.603. The van der Waals surface area contributed by atoms with Gasteiger partial charge in [0.1, 0.15) is 17.6 Å². The largest absolute Gasteiger partial charge is 0.369 e. The molecule has 1 saturated heterocycles. The van der Waals surface area contributed by atoms with Gasteiger partial charge in [0.2, 0.25) is 0 Å². The highest BCUT2D eigenvalue weighted by Crippen LogP contribution is 2.33. The summed E-state index contributed by atoms with van der Waals surface area (Å²) in [5.41, 5.74) is 0.230. The maximum atomic E-state index is 13.2. The zero-order valence-electron chi connectivity index (χ0n) is 11.1. The number of nitrogens with zero attached hydrogens (tertiary/aromatic N) is 2.